The summed E-state index contributed by atoms with van der Waals surface area (Å²) in [6, 6.07) is 16.9. The van der Waals surface area contributed by atoms with E-state index in [4.69, 9.17) is 17.3 Å². The number of hydrogen-bond acceptors (Lipinski definition) is 2. The highest BCUT2D eigenvalue weighted by Crippen LogP contribution is 2.30. The number of ketones is 1. The minimum absolute atomic E-state index is 0.132. The normalized spacial score (nSPS) is 10.8. The lowest BCUT2D eigenvalue weighted by molar-refractivity contribution is 0.104. The molecule has 0 unspecified atom stereocenters. The number of halogens is 1. The van der Waals surface area contributed by atoms with Crippen molar-refractivity contribution in [1.82, 2.24) is 0 Å². The van der Waals surface area contributed by atoms with Gasteiger partial charge in [0.05, 0.1) is 10.6 Å². The van der Waals surface area contributed by atoms with Crippen molar-refractivity contribution in [2.24, 2.45) is 0 Å². The number of aryl methyl sites for hydroxylation is 1. The number of carbonyl (C=O) groups is 1. The second kappa shape index (κ2) is 5.23. The largest absolute Gasteiger partial charge is 0.398 e. The molecule has 0 radical (unpaired) electrons. The molecule has 104 valence electrons. The van der Waals surface area contributed by atoms with Gasteiger partial charge in [-0.1, -0.05) is 54.1 Å². The van der Waals surface area contributed by atoms with Crippen LogP contribution >= 0.6 is 11.6 Å². The Bertz CT molecular complexity index is 835. The van der Waals surface area contributed by atoms with Crippen molar-refractivity contribution in [3.05, 3.63) is 76.3 Å². The number of carbonyl (C=O) groups excluding carboxylic acids is 1. The van der Waals surface area contributed by atoms with Gasteiger partial charge in [-0.3, -0.25) is 4.79 Å². The zero-order valence-corrected chi connectivity index (χ0v) is 12.3. The fourth-order valence-corrected chi connectivity index (χ4v) is 2.85. The van der Waals surface area contributed by atoms with Crippen molar-refractivity contribution >= 4 is 33.8 Å². The molecular weight excluding hydrogens is 282 g/mol. The highest BCUT2D eigenvalue weighted by molar-refractivity contribution is 6.36. The van der Waals surface area contributed by atoms with Crippen LogP contribution in [0, 0.1) is 6.92 Å². The summed E-state index contributed by atoms with van der Waals surface area (Å²) in [6.07, 6.45) is 0. The fraction of sp³-hybridized carbons (Fsp3) is 0.0556. The van der Waals surface area contributed by atoms with E-state index in [1.165, 1.54) is 0 Å². The second-order valence-corrected chi connectivity index (χ2v) is 5.42. The summed E-state index contributed by atoms with van der Waals surface area (Å²) in [5.74, 6) is -0.132. The van der Waals surface area contributed by atoms with E-state index in [1.807, 2.05) is 43.3 Å². The number of benzene rings is 3. The predicted octanol–water partition coefficient (Wildman–Crippen LogP) is 4.61. The first-order valence-corrected chi connectivity index (χ1v) is 7.04. The average Bonchev–Trinajstić information content (AvgIpc) is 2.46. The number of nitrogen functional groups attached to an aromatic ring is 1. The van der Waals surface area contributed by atoms with E-state index in [1.54, 1.807) is 18.2 Å². The molecule has 0 heterocycles. The average molecular weight is 296 g/mol. The summed E-state index contributed by atoms with van der Waals surface area (Å²) in [4.78, 5) is 13.0. The van der Waals surface area contributed by atoms with Gasteiger partial charge in [-0.05, 0) is 35.4 Å². The van der Waals surface area contributed by atoms with Crippen LogP contribution in [0.3, 0.4) is 0 Å². The van der Waals surface area contributed by atoms with Crippen LogP contribution in [0.2, 0.25) is 5.02 Å². The van der Waals surface area contributed by atoms with Gasteiger partial charge in [0.2, 0.25) is 0 Å². The maximum Gasteiger partial charge on any atom is 0.197 e. The van der Waals surface area contributed by atoms with Gasteiger partial charge in [-0.25, -0.2) is 0 Å². The number of anilines is 1. The molecule has 0 aliphatic heterocycles. The van der Waals surface area contributed by atoms with Crippen molar-refractivity contribution in [3.8, 4) is 0 Å². The lowest BCUT2D eigenvalue weighted by atomic mass is 9.92. The van der Waals surface area contributed by atoms with Crippen LogP contribution in [0.4, 0.5) is 5.69 Å². The maximum absolute atomic E-state index is 13.0. The van der Waals surface area contributed by atoms with Gasteiger partial charge >= 0.3 is 0 Å². The Balaban J connectivity index is 2.30. The van der Waals surface area contributed by atoms with Crippen molar-refractivity contribution in [3.63, 3.8) is 0 Å². The van der Waals surface area contributed by atoms with Gasteiger partial charge < -0.3 is 5.73 Å². The van der Waals surface area contributed by atoms with Gasteiger partial charge in [0.15, 0.2) is 5.78 Å². The third-order valence-corrected chi connectivity index (χ3v) is 3.95. The monoisotopic (exact) mass is 295 g/mol. The molecule has 0 saturated carbocycles. The molecular formula is C18H14ClNO. The minimum Gasteiger partial charge on any atom is -0.398 e. The lowest BCUT2D eigenvalue weighted by Crippen LogP contribution is -2.08. The van der Waals surface area contributed by atoms with Crippen molar-refractivity contribution < 1.29 is 4.79 Å². The van der Waals surface area contributed by atoms with Crippen LogP contribution in [-0.2, 0) is 0 Å². The van der Waals surface area contributed by atoms with Gasteiger partial charge in [0, 0.05) is 11.3 Å². The van der Waals surface area contributed by atoms with Crippen molar-refractivity contribution in [2.45, 2.75) is 6.92 Å². The van der Waals surface area contributed by atoms with E-state index >= 15 is 0 Å². The van der Waals surface area contributed by atoms with Crippen molar-refractivity contribution in [1.29, 1.82) is 0 Å². The molecule has 0 aliphatic carbocycles. The molecule has 3 rings (SSSR count). The van der Waals surface area contributed by atoms with Gasteiger partial charge in [-0.2, -0.15) is 0 Å². The summed E-state index contributed by atoms with van der Waals surface area (Å²) in [6.45, 7) is 1.92. The van der Waals surface area contributed by atoms with Gasteiger partial charge in [-0.15, -0.1) is 0 Å². The second-order valence-electron chi connectivity index (χ2n) is 5.01. The number of hydrogen-bond donors (Lipinski definition) is 1. The van der Waals surface area contributed by atoms with Crippen molar-refractivity contribution in [2.75, 3.05) is 5.73 Å². The molecule has 3 aromatic carbocycles. The molecule has 0 bridgehead atoms. The van der Waals surface area contributed by atoms with Crippen LogP contribution in [0.15, 0.2) is 54.6 Å². The zero-order valence-electron chi connectivity index (χ0n) is 11.6. The highest BCUT2D eigenvalue weighted by Gasteiger charge is 2.19. The van der Waals surface area contributed by atoms with E-state index in [-0.39, 0.29) is 5.78 Å². The molecule has 2 N–H and O–H groups in total. The minimum atomic E-state index is -0.132. The van der Waals surface area contributed by atoms with E-state index in [0.717, 1.165) is 16.3 Å². The fourth-order valence-electron chi connectivity index (χ4n) is 2.59. The first-order valence-electron chi connectivity index (χ1n) is 6.66. The molecule has 2 nitrogen and oxygen atoms in total. The Labute approximate surface area is 128 Å². The first-order chi connectivity index (χ1) is 10.1. The summed E-state index contributed by atoms with van der Waals surface area (Å²) in [7, 11) is 0. The highest BCUT2D eigenvalue weighted by atomic mass is 35.5. The Morgan fingerprint density at radius 2 is 1.71 bits per heavy atom. The third-order valence-electron chi connectivity index (χ3n) is 3.64. The quantitative estimate of drug-likeness (QED) is 0.554. The lowest BCUT2D eigenvalue weighted by Gasteiger charge is -2.12. The van der Waals surface area contributed by atoms with Crippen LogP contribution in [0.5, 0.6) is 0 Å². The molecule has 0 aliphatic rings. The van der Waals surface area contributed by atoms with E-state index < -0.39 is 0 Å². The van der Waals surface area contributed by atoms with Gasteiger partial charge in [0.1, 0.15) is 0 Å². The van der Waals surface area contributed by atoms with E-state index in [2.05, 4.69) is 0 Å². The first kappa shape index (κ1) is 13.7. The van der Waals surface area contributed by atoms with Gasteiger partial charge in [0.25, 0.3) is 0 Å². The van der Waals surface area contributed by atoms with Crippen LogP contribution in [0.1, 0.15) is 21.5 Å². The summed E-state index contributed by atoms with van der Waals surface area (Å²) in [5.41, 5.74) is 8.30. The summed E-state index contributed by atoms with van der Waals surface area (Å²) < 4.78 is 0. The summed E-state index contributed by atoms with van der Waals surface area (Å²) >= 11 is 6.18. The number of nitrogens with two attached hydrogens (primary N) is 1. The number of rotatable bonds is 2. The molecule has 3 aromatic rings. The molecule has 0 aromatic heterocycles. The molecule has 0 spiro atoms. The Morgan fingerprint density at radius 3 is 2.48 bits per heavy atom. The molecule has 0 atom stereocenters. The Kier molecular flexibility index (Phi) is 3.40. The topological polar surface area (TPSA) is 43.1 Å². The van der Waals surface area contributed by atoms with Crippen LogP contribution in [-0.4, -0.2) is 5.78 Å². The van der Waals surface area contributed by atoms with E-state index in [9.17, 15) is 4.79 Å². The third kappa shape index (κ3) is 2.28. The van der Waals surface area contributed by atoms with E-state index in [0.29, 0.717) is 21.8 Å². The molecule has 0 fully saturated rings. The molecule has 0 saturated heterocycles. The zero-order chi connectivity index (χ0) is 15.0. The van der Waals surface area contributed by atoms with Crippen LogP contribution < -0.4 is 5.73 Å². The molecule has 3 heteroatoms. The summed E-state index contributed by atoms with van der Waals surface area (Å²) in [5, 5.41) is 2.33. The molecule has 21 heavy (non-hydrogen) atoms. The molecule has 0 amide bonds. The number of fused-ring (bicyclic) bond motifs is 1. The standard InChI is InChI=1S/C18H14ClNO/c1-11-9-10-12-5-2-3-6-13(12)16(11)18(21)17-14(19)7-4-8-15(17)20/h2-10H,20H2,1H3. The SMILES string of the molecule is Cc1ccc2ccccc2c1C(=O)c1c(N)cccc1Cl. The predicted molar refractivity (Wildman–Crippen MR) is 88.0 cm³/mol. The Hall–Kier alpha value is -2.32. The smallest absolute Gasteiger partial charge is 0.197 e. The van der Waals surface area contributed by atoms with Crippen LogP contribution in [0.25, 0.3) is 10.8 Å². The Morgan fingerprint density at radius 1 is 0.952 bits per heavy atom. The maximum atomic E-state index is 13.0.